The summed E-state index contributed by atoms with van der Waals surface area (Å²) in [6.45, 7) is 3.12. The number of rotatable bonds is 2. The molecule has 1 aromatic carbocycles. The van der Waals surface area contributed by atoms with Gasteiger partial charge in [0.2, 0.25) is 0 Å². The summed E-state index contributed by atoms with van der Waals surface area (Å²) in [6.07, 6.45) is 2.54. The summed E-state index contributed by atoms with van der Waals surface area (Å²) < 4.78 is 12.9. The van der Waals surface area contributed by atoms with Gasteiger partial charge in [-0.25, -0.2) is 4.39 Å². The van der Waals surface area contributed by atoms with Crippen molar-refractivity contribution in [3.8, 4) is 5.75 Å². The van der Waals surface area contributed by atoms with Gasteiger partial charge in [0.05, 0.1) is 5.56 Å². The molecular weight excluding hydrogens is 247 g/mol. The van der Waals surface area contributed by atoms with Gasteiger partial charge in [-0.15, -0.1) is 0 Å². The van der Waals surface area contributed by atoms with E-state index in [2.05, 4.69) is 4.90 Å². The monoisotopic (exact) mass is 264 g/mol. The third-order valence-electron chi connectivity index (χ3n) is 3.85. The van der Waals surface area contributed by atoms with E-state index < -0.39 is 5.82 Å². The Kier molecular flexibility index (Phi) is 3.14. The van der Waals surface area contributed by atoms with Crippen molar-refractivity contribution < 1.29 is 14.3 Å². The lowest BCUT2D eigenvalue weighted by Crippen LogP contribution is -2.49. The maximum Gasteiger partial charge on any atom is 0.257 e. The maximum atomic E-state index is 12.9. The smallest absolute Gasteiger partial charge is 0.257 e. The molecule has 1 amide bonds. The second kappa shape index (κ2) is 4.81. The Morgan fingerprint density at radius 1 is 1.21 bits per heavy atom. The Balaban J connectivity index is 1.67. The number of carbonyl (C=O) groups is 1. The van der Waals surface area contributed by atoms with Crippen LogP contribution >= 0.6 is 0 Å². The first-order valence-electron chi connectivity index (χ1n) is 6.67. The summed E-state index contributed by atoms with van der Waals surface area (Å²) in [7, 11) is 0. The third-order valence-corrected chi connectivity index (χ3v) is 3.85. The molecule has 0 atom stereocenters. The van der Waals surface area contributed by atoms with E-state index in [4.69, 9.17) is 0 Å². The zero-order chi connectivity index (χ0) is 13.4. The molecule has 2 fully saturated rings. The Hall–Kier alpha value is -1.62. The van der Waals surface area contributed by atoms with E-state index >= 15 is 0 Å². The van der Waals surface area contributed by atoms with Gasteiger partial charge in [0.15, 0.2) is 0 Å². The van der Waals surface area contributed by atoms with Gasteiger partial charge in [0.1, 0.15) is 11.6 Å². The highest BCUT2D eigenvalue weighted by Gasteiger charge is 2.32. The lowest BCUT2D eigenvalue weighted by molar-refractivity contribution is 0.0624. The van der Waals surface area contributed by atoms with Crippen molar-refractivity contribution in [2.24, 2.45) is 0 Å². The summed E-state index contributed by atoms with van der Waals surface area (Å²) >= 11 is 0. The number of carbonyl (C=O) groups excluding carboxylic acids is 1. The van der Waals surface area contributed by atoms with Gasteiger partial charge >= 0.3 is 0 Å². The predicted octanol–water partition coefficient (Wildman–Crippen LogP) is 1.45. The third kappa shape index (κ3) is 2.56. The van der Waals surface area contributed by atoms with E-state index in [1.54, 1.807) is 4.90 Å². The highest BCUT2D eigenvalue weighted by molar-refractivity contribution is 5.96. The lowest BCUT2D eigenvalue weighted by atomic mass is 10.1. The average molecular weight is 264 g/mol. The van der Waals surface area contributed by atoms with Gasteiger partial charge in [-0.1, -0.05) is 0 Å². The van der Waals surface area contributed by atoms with Crippen LogP contribution in [0.4, 0.5) is 4.39 Å². The number of amides is 1. The number of hydrogen-bond donors (Lipinski definition) is 1. The van der Waals surface area contributed by atoms with E-state index in [0.29, 0.717) is 13.1 Å². The minimum absolute atomic E-state index is 0.182. The van der Waals surface area contributed by atoms with Crippen molar-refractivity contribution >= 4 is 5.91 Å². The van der Waals surface area contributed by atoms with E-state index in [-0.39, 0.29) is 17.2 Å². The van der Waals surface area contributed by atoms with Crippen LogP contribution in [0, 0.1) is 5.82 Å². The maximum absolute atomic E-state index is 12.9. The van der Waals surface area contributed by atoms with Crippen LogP contribution in [0.3, 0.4) is 0 Å². The molecule has 0 unspecified atom stereocenters. The molecule has 3 rings (SSSR count). The molecule has 0 spiro atoms. The number of aromatic hydroxyl groups is 1. The fourth-order valence-corrected chi connectivity index (χ4v) is 2.59. The Bertz CT molecular complexity index is 494. The molecule has 1 saturated carbocycles. The summed E-state index contributed by atoms with van der Waals surface area (Å²) in [5.41, 5.74) is 0.182. The molecule has 1 heterocycles. The molecule has 102 valence electrons. The van der Waals surface area contributed by atoms with Gasteiger partial charge < -0.3 is 10.0 Å². The highest BCUT2D eigenvalue weighted by atomic mass is 19.1. The second-order valence-corrected chi connectivity index (χ2v) is 5.22. The van der Waals surface area contributed by atoms with Crippen molar-refractivity contribution in [2.75, 3.05) is 26.2 Å². The quantitative estimate of drug-likeness (QED) is 0.879. The van der Waals surface area contributed by atoms with Gasteiger partial charge in [0, 0.05) is 38.3 Å². The summed E-state index contributed by atoms with van der Waals surface area (Å²) in [4.78, 5) is 16.4. The van der Waals surface area contributed by atoms with Crippen LogP contribution in [0.15, 0.2) is 18.2 Å². The Morgan fingerprint density at radius 2 is 1.89 bits per heavy atom. The number of benzene rings is 1. The fourth-order valence-electron chi connectivity index (χ4n) is 2.59. The zero-order valence-electron chi connectivity index (χ0n) is 10.7. The van der Waals surface area contributed by atoms with Crippen molar-refractivity contribution in [3.63, 3.8) is 0 Å². The van der Waals surface area contributed by atoms with Crippen molar-refractivity contribution in [3.05, 3.63) is 29.6 Å². The van der Waals surface area contributed by atoms with Crippen LogP contribution < -0.4 is 0 Å². The van der Waals surface area contributed by atoms with E-state index in [1.165, 1.54) is 25.0 Å². The minimum atomic E-state index is -0.535. The Morgan fingerprint density at radius 3 is 2.47 bits per heavy atom. The molecule has 1 aliphatic heterocycles. The van der Waals surface area contributed by atoms with Crippen LogP contribution in [0.1, 0.15) is 23.2 Å². The van der Waals surface area contributed by atoms with Gasteiger partial charge in [-0.3, -0.25) is 9.69 Å². The zero-order valence-corrected chi connectivity index (χ0v) is 10.7. The molecule has 1 aromatic rings. The molecule has 5 heteroatoms. The van der Waals surface area contributed by atoms with Crippen molar-refractivity contribution in [1.82, 2.24) is 9.80 Å². The average Bonchev–Trinajstić information content (AvgIpc) is 3.22. The SMILES string of the molecule is O=C(c1ccc(F)cc1O)N1CCN(C2CC2)CC1. The predicted molar refractivity (Wildman–Crippen MR) is 68.6 cm³/mol. The number of piperazine rings is 1. The topological polar surface area (TPSA) is 43.8 Å². The van der Waals surface area contributed by atoms with Crippen LogP contribution in [-0.2, 0) is 0 Å². The molecule has 0 radical (unpaired) electrons. The number of phenolic OH excluding ortho intramolecular Hbond substituents is 1. The van der Waals surface area contributed by atoms with Crippen molar-refractivity contribution in [2.45, 2.75) is 18.9 Å². The van der Waals surface area contributed by atoms with Gasteiger partial charge in [0.25, 0.3) is 5.91 Å². The number of phenols is 1. The minimum Gasteiger partial charge on any atom is -0.507 e. The summed E-state index contributed by atoms with van der Waals surface area (Å²) in [5.74, 6) is -1.03. The fraction of sp³-hybridized carbons (Fsp3) is 0.500. The van der Waals surface area contributed by atoms with Crippen LogP contribution in [0.2, 0.25) is 0 Å². The molecule has 0 aromatic heterocycles. The summed E-state index contributed by atoms with van der Waals surface area (Å²) in [5, 5.41) is 9.64. The molecule has 1 N–H and O–H groups in total. The first-order valence-corrected chi connectivity index (χ1v) is 6.67. The first kappa shape index (κ1) is 12.4. The molecule has 2 aliphatic rings. The Labute approximate surface area is 111 Å². The standard InChI is InChI=1S/C14H17FN2O2/c15-10-1-4-12(13(18)9-10)14(19)17-7-5-16(6-8-17)11-2-3-11/h1,4,9,11,18H,2-3,5-8H2. The number of halogens is 1. The van der Waals surface area contributed by atoms with E-state index in [9.17, 15) is 14.3 Å². The lowest BCUT2D eigenvalue weighted by Gasteiger charge is -2.34. The van der Waals surface area contributed by atoms with Crippen molar-refractivity contribution in [1.29, 1.82) is 0 Å². The largest absolute Gasteiger partial charge is 0.507 e. The summed E-state index contributed by atoms with van der Waals surface area (Å²) in [6, 6.07) is 4.25. The normalized spacial score (nSPS) is 20.6. The first-order chi connectivity index (χ1) is 9.15. The van der Waals surface area contributed by atoms with Gasteiger partial charge in [-0.05, 0) is 25.0 Å². The number of nitrogens with zero attached hydrogens (tertiary/aromatic N) is 2. The van der Waals surface area contributed by atoms with Crippen LogP contribution in [0.5, 0.6) is 5.75 Å². The van der Waals surface area contributed by atoms with E-state index in [0.717, 1.165) is 25.2 Å². The van der Waals surface area contributed by atoms with Crippen LogP contribution in [0.25, 0.3) is 0 Å². The second-order valence-electron chi connectivity index (χ2n) is 5.22. The van der Waals surface area contributed by atoms with Crippen LogP contribution in [-0.4, -0.2) is 53.0 Å². The molecular formula is C14H17FN2O2. The molecule has 1 aliphatic carbocycles. The molecule has 4 nitrogen and oxygen atoms in total. The molecule has 19 heavy (non-hydrogen) atoms. The molecule has 1 saturated heterocycles. The van der Waals surface area contributed by atoms with E-state index in [1.807, 2.05) is 0 Å². The molecule has 0 bridgehead atoms. The highest BCUT2D eigenvalue weighted by Crippen LogP contribution is 2.28. The number of hydrogen-bond acceptors (Lipinski definition) is 3. The van der Waals surface area contributed by atoms with Gasteiger partial charge in [-0.2, -0.15) is 0 Å².